The van der Waals surface area contributed by atoms with Gasteiger partial charge in [-0.05, 0) is 24.0 Å². The maximum absolute atomic E-state index is 12.4. The molecule has 1 aliphatic heterocycles. The van der Waals surface area contributed by atoms with Gasteiger partial charge in [0.1, 0.15) is 0 Å². The van der Waals surface area contributed by atoms with Crippen molar-refractivity contribution in [2.45, 2.75) is 31.2 Å². The summed E-state index contributed by atoms with van der Waals surface area (Å²) in [5.41, 5.74) is 2.67. The van der Waals surface area contributed by atoms with Gasteiger partial charge >= 0.3 is 0 Å². The van der Waals surface area contributed by atoms with Gasteiger partial charge in [0.15, 0.2) is 5.96 Å². The number of aliphatic imine (C=N–C) groups is 1. The van der Waals surface area contributed by atoms with Crippen LogP contribution in [0.3, 0.4) is 0 Å². The molecule has 2 aromatic rings. The van der Waals surface area contributed by atoms with Crippen LogP contribution in [0.15, 0.2) is 65.7 Å². The summed E-state index contributed by atoms with van der Waals surface area (Å²) in [5.74, 6) is 2.00. The average molecular weight is 391 g/mol. The van der Waals surface area contributed by atoms with E-state index in [-0.39, 0.29) is 5.91 Å². The van der Waals surface area contributed by atoms with Crippen LogP contribution in [-0.4, -0.2) is 49.5 Å². The highest BCUT2D eigenvalue weighted by Crippen LogP contribution is 2.40. The van der Waals surface area contributed by atoms with E-state index in [0.717, 1.165) is 38.4 Å². The second-order valence-electron chi connectivity index (χ2n) is 8.10. The summed E-state index contributed by atoms with van der Waals surface area (Å²) in [4.78, 5) is 18.7. The molecular weight excluding hydrogens is 360 g/mol. The molecule has 1 saturated carbocycles. The van der Waals surface area contributed by atoms with E-state index < -0.39 is 0 Å². The molecule has 2 N–H and O–H groups in total. The maximum Gasteiger partial charge on any atom is 0.223 e. The topological polar surface area (TPSA) is 56.7 Å². The Labute approximate surface area is 173 Å². The molecule has 4 rings (SSSR count). The number of nitrogens with one attached hydrogen (secondary N) is 2. The van der Waals surface area contributed by atoms with Crippen molar-refractivity contribution in [1.29, 1.82) is 0 Å². The minimum atomic E-state index is 0.266. The summed E-state index contributed by atoms with van der Waals surface area (Å²) in [6, 6.07) is 21.4. The number of likely N-dealkylation sites (tertiary alicyclic amines) is 1. The van der Waals surface area contributed by atoms with Crippen molar-refractivity contribution >= 4 is 11.9 Å². The molecule has 5 heteroatoms. The number of amides is 1. The number of benzene rings is 2. The van der Waals surface area contributed by atoms with Crippen LogP contribution in [0.2, 0.25) is 0 Å². The molecule has 0 bridgehead atoms. The standard InChI is InChI=1S/C24H30N4O/c1-25-24(27-22-15-21(22)20-10-6-3-7-11-20)26-16-19-14-23(29)28(17-19)13-12-18-8-4-2-5-9-18/h2-11,19,21-22H,12-17H2,1H3,(H2,25,26,27). The van der Waals surface area contributed by atoms with Crippen LogP contribution in [0.5, 0.6) is 0 Å². The third-order valence-corrected chi connectivity index (χ3v) is 5.93. The fourth-order valence-corrected chi connectivity index (χ4v) is 4.15. The molecule has 5 nitrogen and oxygen atoms in total. The molecule has 1 saturated heterocycles. The van der Waals surface area contributed by atoms with Gasteiger partial charge in [-0.1, -0.05) is 60.7 Å². The minimum Gasteiger partial charge on any atom is -0.356 e. The monoisotopic (exact) mass is 390 g/mol. The van der Waals surface area contributed by atoms with Gasteiger partial charge in [0.25, 0.3) is 0 Å². The highest BCUT2D eigenvalue weighted by atomic mass is 16.2. The Balaban J connectivity index is 1.20. The van der Waals surface area contributed by atoms with E-state index in [2.05, 4.69) is 70.2 Å². The van der Waals surface area contributed by atoms with E-state index in [1.807, 2.05) is 11.0 Å². The minimum absolute atomic E-state index is 0.266. The van der Waals surface area contributed by atoms with Crippen LogP contribution in [0.25, 0.3) is 0 Å². The lowest BCUT2D eigenvalue weighted by atomic mass is 10.1. The highest BCUT2D eigenvalue weighted by Gasteiger charge is 2.39. The first-order chi connectivity index (χ1) is 14.2. The summed E-state index contributed by atoms with van der Waals surface area (Å²) in [5, 5.41) is 6.95. The van der Waals surface area contributed by atoms with Gasteiger partial charge in [0.05, 0.1) is 0 Å². The summed E-state index contributed by atoms with van der Waals surface area (Å²) in [6.07, 6.45) is 2.67. The number of hydrogen-bond acceptors (Lipinski definition) is 2. The first-order valence-corrected chi connectivity index (χ1v) is 10.6. The first kappa shape index (κ1) is 19.5. The largest absolute Gasteiger partial charge is 0.356 e. The molecule has 0 aromatic heterocycles. The fourth-order valence-electron chi connectivity index (χ4n) is 4.15. The van der Waals surface area contributed by atoms with Crippen molar-refractivity contribution in [1.82, 2.24) is 15.5 Å². The number of hydrogen-bond donors (Lipinski definition) is 2. The molecule has 152 valence electrons. The molecule has 2 fully saturated rings. The number of carbonyl (C=O) groups is 1. The molecule has 1 heterocycles. The highest BCUT2D eigenvalue weighted by molar-refractivity contribution is 5.81. The van der Waals surface area contributed by atoms with E-state index >= 15 is 0 Å². The van der Waals surface area contributed by atoms with Crippen LogP contribution in [0.4, 0.5) is 0 Å². The molecule has 29 heavy (non-hydrogen) atoms. The molecule has 2 aromatic carbocycles. The smallest absolute Gasteiger partial charge is 0.223 e. The van der Waals surface area contributed by atoms with Gasteiger partial charge in [0, 0.05) is 51.0 Å². The van der Waals surface area contributed by atoms with E-state index in [9.17, 15) is 4.79 Å². The lowest BCUT2D eigenvalue weighted by molar-refractivity contribution is -0.127. The predicted molar refractivity (Wildman–Crippen MR) is 117 cm³/mol. The van der Waals surface area contributed by atoms with Crippen LogP contribution >= 0.6 is 0 Å². The third-order valence-electron chi connectivity index (χ3n) is 5.93. The molecule has 0 spiro atoms. The van der Waals surface area contributed by atoms with Gasteiger partial charge in [-0.15, -0.1) is 0 Å². The number of rotatable bonds is 7. The lowest BCUT2D eigenvalue weighted by Crippen LogP contribution is -2.41. The quantitative estimate of drug-likeness (QED) is 0.565. The normalized spacial score (nSPS) is 23.9. The average Bonchev–Trinajstić information content (AvgIpc) is 3.45. The summed E-state index contributed by atoms with van der Waals surface area (Å²) in [6.45, 7) is 2.40. The van der Waals surface area contributed by atoms with Crippen LogP contribution < -0.4 is 10.6 Å². The van der Waals surface area contributed by atoms with Crippen LogP contribution in [0, 0.1) is 5.92 Å². The lowest BCUT2D eigenvalue weighted by Gasteiger charge is -2.18. The van der Waals surface area contributed by atoms with Gasteiger partial charge in [-0.25, -0.2) is 0 Å². The molecule has 1 amide bonds. The molecular formula is C24H30N4O. The van der Waals surface area contributed by atoms with Gasteiger partial charge in [-0.2, -0.15) is 0 Å². The Morgan fingerprint density at radius 1 is 1.10 bits per heavy atom. The second-order valence-corrected chi connectivity index (χ2v) is 8.10. The zero-order chi connectivity index (χ0) is 20.1. The van der Waals surface area contributed by atoms with E-state index in [1.54, 1.807) is 7.05 Å². The van der Waals surface area contributed by atoms with Gasteiger partial charge < -0.3 is 15.5 Å². The summed E-state index contributed by atoms with van der Waals surface area (Å²) < 4.78 is 0. The van der Waals surface area contributed by atoms with Crippen molar-refractivity contribution in [2.24, 2.45) is 10.9 Å². The summed E-state index contributed by atoms with van der Waals surface area (Å²) >= 11 is 0. The molecule has 1 aliphatic carbocycles. The van der Waals surface area contributed by atoms with E-state index in [4.69, 9.17) is 0 Å². The van der Waals surface area contributed by atoms with Gasteiger partial charge in [-0.3, -0.25) is 9.79 Å². The van der Waals surface area contributed by atoms with Crippen molar-refractivity contribution in [3.8, 4) is 0 Å². The Kier molecular flexibility index (Phi) is 6.13. The third kappa shape index (κ3) is 5.17. The predicted octanol–water partition coefficient (Wildman–Crippen LogP) is 2.80. The molecule has 3 atom stereocenters. The fraction of sp³-hybridized carbons (Fsp3) is 0.417. The van der Waals surface area contributed by atoms with E-state index in [0.29, 0.717) is 24.3 Å². The maximum atomic E-state index is 12.4. The second kappa shape index (κ2) is 9.12. The van der Waals surface area contributed by atoms with Crippen LogP contribution in [0.1, 0.15) is 29.9 Å². The molecule has 0 radical (unpaired) electrons. The number of nitrogens with zero attached hydrogens (tertiary/aromatic N) is 2. The van der Waals surface area contributed by atoms with Crippen molar-refractivity contribution in [3.05, 3.63) is 71.8 Å². The first-order valence-electron chi connectivity index (χ1n) is 10.6. The number of guanidine groups is 1. The van der Waals surface area contributed by atoms with E-state index in [1.165, 1.54) is 11.1 Å². The Bertz CT molecular complexity index is 836. The molecule has 3 unspecified atom stereocenters. The SMILES string of the molecule is CN=C(NCC1CC(=O)N(CCc2ccccc2)C1)NC1CC1c1ccccc1. The Hall–Kier alpha value is -2.82. The summed E-state index contributed by atoms with van der Waals surface area (Å²) in [7, 11) is 1.81. The van der Waals surface area contributed by atoms with Crippen molar-refractivity contribution in [2.75, 3.05) is 26.7 Å². The Morgan fingerprint density at radius 3 is 2.55 bits per heavy atom. The Morgan fingerprint density at radius 2 is 1.83 bits per heavy atom. The van der Waals surface area contributed by atoms with Gasteiger partial charge in [0.2, 0.25) is 5.91 Å². The number of carbonyl (C=O) groups excluding carboxylic acids is 1. The van der Waals surface area contributed by atoms with Crippen LogP contribution in [-0.2, 0) is 11.2 Å². The zero-order valence-electron chi connectivity index (χ0n) is 17.1. The van der Waals surface area contributed by atoms with Crippen molar-refractivity contribution in [3.63, 3.8) is 0 Å². The van der Waals surface area contributed by atoms with Crippen molar-refractivity contribution < 1.29 is 4.79 Å². The zero-order valence-corrected chi connectivity index (χ0v) is 17.1. The molecule has 2 aliphatic rings.